The molecule has 0 radical (unpaired) electrons. The summed E-state index contributed by atoms with van der Waals surface area (Å²) in [5.41, 5.74) is 0.838. The van der Waals surface area contributed by atoms with Gasteiger partial charge in [-0.15, -0.1) is 0 Å². The fourth-order valence-electron chi connectivity index (χ4n) is 1.64. The molecule has 0 aliphatic rings. The number of nitrogens with one attached hydrogen (secondary N) is 1. The zero-order chi connectivity index (χ0) is 15.3. The molecular formula is C13H19NO5S. The molecule has 112 valence electrons. The Bertz CT molecular complexity index is 551. The molecule has 0 amide bonds. The van der Waals surface area contributed by atoms with Crippen LogP contribution in [0.15, 0.2) is 29.2 Å². The number of carbonyl (C=O) groups is 1. The molecule has 0 bridgehead atoms. The monoisotopic (exact) mass is 301 g/mol. The minimum atomic E-state index is -3.85. The molecule has 0 spiro atoms. The Kier molecular flexibility index (Phi) is 5.67. The molecule has 1 atom stereocenters. The number of benzene rings is 1. The molecule has 0 saturated carbocycles. The second kappa shape index (κ2) is 6.83. The maximum atomic E-state index is 12.1. The van der Waals surface area contributed by atoms with Crippen LogP contribution in [0, 0.1) is 5.92 Å². The van der Waals surface area contributed by atoms with Crippen LogP contribution in [-0.2, 0) is 26.2 Å². The van der Waals surface area contributed by atoms with Crippen molar-refractivity contribution in [1.29, 1.82) is 0 Å². The van der Waals surface area contributed by atoms with E-state index in [4.69, 9.17) is 9.84 Å². The number of ether oxygens (including phenoxy) is 1. The van der Waals surface area contributed by atoms with E-state index < -0.39 is 22.0 Å². The highest BCUT2D eigenvalue weighted by Gasteiger charge is 2.27. The van der Waals surface area contributed by atoms with Crippen LogP contribution in [0.5, 0.6) is 0 Å². The third-order valence-electron chi connectivity index (χ3n) is 2.76. The van der Waals surface area contributed by atoms with Crippen molar-refractivity contribution in [3.05, 3.63) is 29.8 Å². The van der Waals surface area contributed by atoms with Gasteiger partial charge in [-0.3, -0.25) is 4.79 Å². The lowest BCUT2D eigenvalue weighted by molar-refractivity contribution is -0.140. The van der Waals surface area contributed by atoms with Gasteiger partial charge in [0.25, 0.3) is 0 Å². The maximum absolute atomic E-state index is 12.1. The van der Waals surface area contributed by atoms with Crippen LogP contribution >= 0.6 is 0 Å². The fraction of sp³-hybridized carbons (Fsp3) is 0.462. The van der Waals surface area contributed by atoms with Crippen molar-refractivity contribution in [1.82, 2.24) is 4.72 Å². The van der Waals surface area contributed by atoms with E-state index in [-0.39, 0.29) is 10.8 Å². The molecule has 0 aliphatic carbocycles. The molecule has 0 aromatic heterocycles. The van der Waals surface area contributed by atoms with E-state index in [9.17, 15) is 13.2 Å². The first-order valence-electron chi connectivity index (χ1n) is 6.11. The number of hydrogen-bond acceptors (Lipinski definition) is 4. The minimum absolute atomic E-state index is 0.0317. The van der Waals surface area contributed by atoms with E-state index in [1.54, 1.807) is 33.1 Å². The van der Waals surface area contributed by atoms with Gasteiger partial charge in [0.05, 0.1) is 11.5 Å². The van der Waals surface area contributed by atoms with Crippen LogP contribution < -0.4 is 4.72 Å². The van der Waals surface area contributed by atoms with Crippen LogP contribution in [-0.4, -0.2) is 32.6 Å². The number of hydrogen-bond donors (Lipinski definition) is 2. The lowest BCUT2D eigenvalue weighted by Crippen LogP contribution is -2.44. The van der Waals surface area contributed by atoms with Crippen LogP contribution in [0.4, 0.5) is 0 Å². The highest BCUT2D eigenvalue weighted by atomic mass is 32.2. The predicted molar refractivity (Wildman–Crippen MR) is 73.7 cm³/mol. The number of carboxylic acid groups (broad SMARTS) is 1. The molecule has 0 aliphatic heterocycles. The van der Waals surface area contributed by atoms with Gasteiger partial charge in [0.15, 0.2) is 0 Å². The summed E-state index contributed by atoms with van der Waals surface area (Å²) in [6, 6.07) is 4.96. The van der Waals surface area contributed by atoms with Crippen molar-refractivity contribution in [3.8, 4) is 0 Å². The normalized spacial score (nSPS) is 13.4. The zero-order valence-electron chi connectivity index (χ0n) is 11.7. The first kappa shape index (κ1) is 16.6. The van der Waals surface area contributed by atoms with E-state index in [1.807, 2.05) is 0 Å². The summed E-state index contributed by atoms with van der Waals surface area (Å²) >= 11 is 0. The van der Waals surface area contributed by atoms with Crippen molar-refractivity contribution in [3.63, 3.8) is 0 Å². The molecule has 1 aromatic carbocycles. The number of methoxy groups -OCH3 is 1. The standard InChI is InChI=1S/C13H19NO5S/c1-9(2)12(13(15)16)14-20(17,18)11-6-4-10(5-7-11)8-19-3/h4-7,9,12,14H,8H2,1-3H3,(H,15,16). The third kappa shape index (κ3) is 4.29. The van der Waals surface area contributed by atoms with Gasteiger partial charge in [-0.25, -0.2) is 8.42 Å². The van der Waals surface area contributed by atoms with E-state index in [2.05, 4.69) is 4.72 Å². The molecule has 20 heavy (non-hydrogen) atoms. The fourth-order valence-corrected chi connectivity index (χ4v) is 2.98. The molecule has 2 N–H and O–H groups in total. The van der Waals surface area contributed by atoms with Crippen LogP contribution in [0.2, 0.25) is 0 Å². The molecule has 0 saturated heterocycles. The summed E-state index contributed by atoms with van der Waals surface area (Å²) in [4.78, 5) is 11.1. The second-order valence-electron chi connectivity index (χ2n) is 4.76. The first-order valence-corrected chi connectivity index (χ1v) is 7.59. The molecule has 1 rings (SSSR count). The van der Waals surface area contributed by atoms with Gasteiger partial charge in [0.2, 0.25) is 10.0 Å². The Hall–Kier alpha value is -1.44. The number of aliphatic carboxylic acids is 1. The van der Waals surface area contributed by atoms with Crippen molar-refractivity contribution in [2.45, 2.75) is 31.4 Å². The SMILES string of the molecule is COCc1ccc(S(=O)(=O)NC(C(=O)O)C(C)C)cc1. The van der Waals surface area contributed by atoms with E-state index in [0.29, 0.717) is 6.61 Å². The van der Waals surface area contributed by atoms with Crippen LogP contribution in [0.25, 0.3) is 0 Å². The average molecular weight is 301 g/mol. The molecular weight excluding hydrogens is 282 g/mol. The van der Waals surface area contributed by atoms with Gasteiger partial charge in [-0.1, -0.05) is 26.0 Å². The Morgan fingerprint density at radius 1 is 1.30 bits per heavy atom. The van der Waals surface area contributed by atoms with Crippen LogP contribution in [0.3, 0.4) is 0 Å². The Morgan fingerprint density at radius 2 is 1.85 bits per heavy atom. The molecule has 6 nitrogen and oxygen atoms in total. The molecule has 0 fully saturated rings. The smallest absolute Gasteiger partial charge is 0.322 e. The minimum Gasteiger partial charge on any atom is -0.480 e. The van der Waals surface area contributed by atoms with Crippen molar-refractivity contribution in [2.24, 2.45) is 5.92 Å². The largest absolute Gasteiger partial charge is 0.480 e. The van der Waals surface area contributed by atoms with Gasteiger partial charge in [-0.2, -0.15) is 4.72 Å². The Balaban J connectivity index is 2.95. The lowest BCUT2D eigenvalue weighted by Gasteiger charge is -2.18. The molecule has 0 heterocycles. The summed E-state index contributed by atoms with van der Waals surface area (Å²) in [6.07, 6.45) is 0. The highest BCUT2D eigenvalue weighted by molar-refractivity contribution is 7.89. The number of rotatable bonds is 7. The first-order chi connectivity index (χ1) is 9.27. The average Bonchev–Trinajstić information content (AvgIpc) is 2.36. The van der Waals surface area contributed by atoms with E-state index in [1.165, 1.54) is 12.1 Å². The predicted octanol–water partition coefficient (Wildman–Crippen LogP) is 1.22. The topological polar surface area (TPSA) is 92.7 Å². The van der Waals surface area contributed by atoms with Gasteiger partial charge in [-0.05, 0) is 23.6 Å². The third-order valence-corrected chi connectivity index (χ3v) is 4.22. The summed E-state index contributed by atoms with van der Waals surface area (Å²) in [5.74, 6) is -1.55. The second-order valence-corrected chi connectivity index (χ2v) is 6.47. The lowest BCUT2D eigenvalue weighted by atomic mass is 10.1. The summed E-state index contributed by atoms with van der Waals surface area (Å²) in [5, 5.41) is 9.02. The zero-order valence-corrected chi connectivity index (χ0v) is 12.5. The molecule has 1 aromatic rings. The van der Waals surface area contributed by atoms with Gasteiger partial charge in [0.1, 0.15) is 6.04 Å². The summed E-state index contributed by atoms with van der Waals surface area (Å²) in [7, 11) is -2.30. The Morgan fingerprint density at radius 3 is 2.25 bits per heavy atom. The van der Waals surface area contributed by atoms with Gasteiger partial charge >= 0.3 is 5.97 Å². The molecule has 7 heteroatoms. The van der Waals surface area contributed by atoms with Crippen molar-refractivity contribution in [2.75, 3.05) is 7.11 Å². The van der Waals surface area contributed by atoms with Gasteiger partial charge < -0.3 is 9.84 Å². The highest BCUT2D eigenvalue weighted by Crippen LogP contribution is 2.13. The summed E-state index contributed by atoms with van der Waals surface area (Å²) in [6.45, 7) is 3.67. The van der Waals surface area contributed by atoms with Crippen molar-refractivity contribution < 1.29 is 23.1 Å². The Labute approximate surface area is 118 Å². The van der Waals surface area contributed by atoms with Crippen molar-refractivity contribution >= 4 is 16.0 Å². The van der Waals surface area contributed by atoms with E-state index in [0.717, 1.165) is 5.56 Å². The van der Waals surface area contributed by atoms with Crippen LogP contribution in [0.1, 0.15) is 19.4 Å². The quantitative estimate of drug-likeness (QED) is 0.790. The maximum Gasteiger partial charge on any atom is 0.322 e. The van der Waals surface area contributed by atoms with E-state index >= 15 is 0 Å². The number of sulfonamides is 1. The van der Waals surface area contributed by atoms with Gasteiger partial charge in [0, 0.05) is 7.11 Å². The number of carboxylic acids is 1. The molecule has 1 unspecified atom stereocenters. The summed E-state index contributed by atoms with van der Waals surface area (Å²) < 4.78 is 31.4.